The topological polar surface area (TPSA) is 29.9 Å². The van der Waals surface area contributed by atoms with E-state index in [2.05, 4.69) is 55.3 Å². The number of nitrogens with one attached hydrogen (secondary N) is 1. The van der Waals surface area contributed by atoms with Crippen molar-refractivity contribution in [2.75, 3.05) is 5.32 Å². The maximum absolute atomic E-state index is 4.08. The predicted molar refractivity (Wildman–Crippen MR) is 76.2 cm³/mol. The first kappa shape index (κ1) is 12.4. The molecule has 1 aromatic carbocycles. The number of imidazole rings is 1. The molecule has 0 atom stereocenters. The molecule has 0 saturated carbocycles. The molecule has 1 N–H and O–H groups in total. The first-order chi connectivity index (χ1) is 8.70. The summed E-state index contributed by atoms with van der Waals surface area (Å²) in [5.74, 6) is 1.05. The van der Waals surface area contributed by atoms with Crippen molar-refractivity contribution in [3.63, 3.8) is 0 Å². The van der Waals surface area contributed by atoms with Gasteiger partial charge in [0.1, 0.15) is 12.1 Å². The Morgan fingerprint density at radius 1 is 1.22 bits per heavy atom. The highest BCUT2D eigenvalue weighted by molar-refractivity contribution is 5.66. The van der Waals surface area contributed by atoms with Crippen molar-refractivity contribution in [2.45, 2.75) is 27.2 Å². The minimum absolute atomic E-state index is 1.05. The monoisotopic (exact) mass is 241 g/mol. The molecule has 0 spiro atoms. The van der Waals surface area contributed by atoms with Crippen LogP contribution in [-0.4, -0.2) is 9.55 Å². The lowest BCUT2D eigenvalue weighted by atomic mass is 10.1. The molecule has 18 heavy (non-hydrogen) atoms. The molecule has 0 aliphatic rings. The molecule has 0 amide bonds. The van der Waals surface area contributed by atoms with Gasteiger partial charge in [0.15, 0.2) is 0 Å². The van der Waals surface area contributed by atoms with Crippen LogP contribution < -0.4 is 5.32 Å². The second-order valence-corrected chi connectivity index (χ2v) is 4.49. The van der Waals surface area contributed by atoms with Crippen molar-refractivity contribution < 1.29 is 0 Å². The number of hydrogen-bond donors (Lipinski definition) is 1. The van der Waals surface area contributed by atoms with Gasteiger partial charge in [-0.2, -0.15) is 0 Å². The van der Waals surface area contributed by atoms with Crippen molar-refractivity contribution in [3.05, 3.63) is 54.1 Å². The Morgan fingerprint density at radius 3 is 2.44 bits per heavy atom. The maximum Gasteiger partial charge on any atom is 0.114 e. The van der Waals surface area contributed by atoms with Crippen LogP contribution in [0.5, 0.6) is 0 Å². The van der Waals surface area contributed by atoms with Gasteiger partial charge in [-0.05, 0) is 43.5 Å². The molecule has 94 valence electrons. The fourth-order valence-corrected chi connectivity index (χ4v) is 1.80. The molecule has 0 aliphatic carbocycles. The molecular formula is C15H19N3. The lowest BCUT2D eigenvalue weighted by Crippen LogP contribution is -2.07. The van der Waals surface area contributed by atoms with Crippen molar-refractivity contribution in [2.24, 2.45) is 0 Å². The van der Waals surface area contributed by atoms with Gasteiger partial charge in [-0.15, -0.1) is 0 Å². The van der Waals surface area contributed by atoms with Gasteiger partial charge in [0.2, 0.25) is 0 Å². The zero-order valence-electron chi connectivity index (χ0n) is 11.1. The van der Waals surface area contributed by atoms with Crippen LogP contribution in [0, 0.1) is 0 Å². The van der Waals surface area contributed by atoms with Crippen LogP contribution in [0.3, 0.4) is 0 Å². The van der Waals surface area contributed by atoms with Gasteiger partial charge in [-0.1, -0.05) is 19.1 Å². The van der Waals surface area contributed by atoms with E-state index in [1.165, 1.54) is 11.1 Å². The highest BCUT2D eigenvalue weighted by atomic mass is 15.2. The predicted octanol–water partition coefficient (Wildman–Crippen LogP) is 3.77. The Hall–Kier alpha value is -2.03. The van der Waals surface area contributed by atoms with Crippen molar-refractivity contribution >= 4 is 11.5 Å². The molecule has 1 aromatic heterocycles. The lowest BCUT2D eigenvalue weighted by molar-refractivity contribution is 1.05. The molecule has 0 bridgehead atoms. The molecule has 3 nitrogen and oxygen atoms in total. The van der Waals surface area contributed by atoms with E-state index in [4.69, 9.17) is 0 Å². The lowest BCUT2D eigenvalue weighted by Gasteiger charge is -2.14. The number of benzene rings is 1. The fourth-order valence-electron chi connectivity index (χ4n) is 1.80. The average Bonchev–Trinajstić information content (AvgIpc) is 2.90. The maximum atomic E-state index is 4.08. The quantitative estimate of drug-likeness (QED) is 0.883. The van der Waals surface area contributed by atoms with Gasteiger partial charge in [-0.3, -0.25) is 4.57 Å². The van der Waals surface area contributed by atoms with Crippen molar-refractivity contribution in [3.8, 4) is 0 Å². The van der Waals surface area contributed by atoms with Crippen LogP contribution in [0.25, 0.3) is 5.82 Å². The number of hydrogen-bond acceptors (Lipinski definition) is 2. The van der Waals surface area contributed by atoms with Gasteiger partial charge < -0.3 is 5.32 Å². The van der Waals surface area contributed by atoms with Crippen LogP contribution >= 0.6 is 0 Å². The molecule has 0 aliphatic heterocycles. The Kier molecular flexibility index (Phi) is 3.82. The molecule has 0 radical (unpaired) electrons. The minimum atomic E-state index is 1.05. The summed E-state index contributed by atoms with van der Waals surface area (Å²) in [6.07, 6.45) is 6.59. The number of nitrogens with zero attached hydrogens (tertiary/aromatic N) is 2. The van der Waals surface area contributed by atoms with Gasteiger partial charge in [0.25, 0.3) is 0 Å². The summed E-state index contributed by atoms with van der Waals surface area (Å²) in [4.78, 5) is 4.08. The second-order valence-electron chi connectivity index (χ2n) is 4.49. The van der Waals surface area contributed by atoms with Crippen molar-refractivity contribution in [1.82, 2.24) is 9.55 Å². The van der Waals surface area contributed by atoms with Crippen LogP contribution in [0.1, 0.15) is 26.3 Å². The third kappa shape index (κ3) is 2.80. The zero-order chi connectivity index (χ0) is 13.0. The minimum Gasteiger partial charge on any atom is -0.341 e. The summed E-state index contributed by atoms with van der Waals surface area (Å²) in [7, 11) is 0. The third-order valence-corrected chi connectivity index (χ3v) is 2.86. The Labute approximate surface area is 108 Å². The van der Waals surface area contributed by atoms with E-state index in [1.54, 1.807) is 12.5 Å². The summed E-state index contributed by atoms with van der Waals surface area (Å²) in [6.45, 7) is 6.33. The molecule has 0 saturated heterocycles. The highest BCUT2D eigenvalue weighted by Gasteiger charge is 2.02. The van der Waals surface area contributed by atoms with Crippen LogP contribution in [-0.2, 0) is 6.42 Å². The van der Waals surface area contributed by atoms with Gasteiger partial charge in [0, 0.05) is 18.1 Å². The molecule has 1 heterocycles. The number of allylic oxidation sites excluding steroid dienone is 1. The molecule has 0 fully saturated rings. The number of aromatic nitrogens is 2. The molecule has 0 unspecified atom stereocenters. The largest absolute Gasteiger partial charge is 0.341 e. The third-order valence-electron chi connectivity index (χ3n) is 2.86. The number of aryl methyl sites for hydroxylation is 1. The number of rotatable bonds is 4. The van der Waals surface area contributed by atoms with E-state index in [-0.39, 0.29) is 0 Å². The zero-order valence-corrected chi connectivity index (χ0v) is 11.1. The van der Waals surface area contributed by atoms with Gasteiger partial charge >= 0.3 is 0 Å². The van der Waals surface area contributed by atoms with Gasteiger partial charge in [-0.25, -0.2) is 4.98 Å². The smallest absolute Gasteiger partial charge is 0.114 e. The molecule has 2 rings (SSSR count). The van der Waals surface area contributed by atoms with E-state index < -0.39 is 0 Å². The summed E-state index contributed by atoms with van der Waals surface area (Å²) < 4.78 is 1.99. The standard InChI is InChI=1S/C15H19N3/c1-4-13-5-7-14(8-6-13)17-15(12(2)3)18-10-9-16-11-18/h5-11,17H,4H2,1-3H3. The van der Waals surface area contributed by atoms with Crippen molar-refractivity contribution in [1.29, 1.82) is 0 Å². The van der Waals surface area contributed by atoms with E-state index in [0.29, 0.717) is 0 Å². The molecule has 3 heteroatoms. The van der Waals surface area contributed by atoms with E-state index >= 15 is 0 Å². The first-order valence-electron chi connectivity index (χ1n) is 6.22. The second kappa shape index (κ2) is 5.54. The Balaban J connectivity index is 2.22. The van der Waals surface area contributed by atoms with Crippen LogP contribution in [0.2, 0.25) is 0 Å². The number of anilines is 1. The molecule has 2 aromatic rings. The van der Waals surface area contributed by atoms with Crippen LogP contribution in [0.4, 0.5) is 5.69 Å². The van der Waals surface area contributed by atoms with E-state index in [9.17, 15) is 0 Å². The normalized spacial score (nSPS) is 10.2. The fraction of sp³-hybridized carbons (Fsp3) is 0.267. The molecular weight excluding hydrogens is 222 g/mol. The van der Waals surface area contributed by atoms with E-state index in [0.717, 1.165) is 17.9 Å². The summed E-state index contributed by atoms with van der Waals surface area (Å²) >= 11 is 0. The first-order valence-corrected chi connectivity index (χ1v) is 6.22. The highest BCUT2D eigenvalue weighted by Crippen LogP contribution is 2.17. The van der Waals surface area contributed by atoms with Gasteiger partial charge in [0.05, 0.1) is 0 Å². The average molecular weight is 241 g/mol. The summed E-state index contributed by atoms with van der Waals surface area (Å²) in [5, 5.41) is 3.43. The van der Waals surface area contributed by atoms with E-state index in [1.807, 2.05) is 10.8 Å². The Morgan fingerprint density at radius 2 is 1.94 bits per heavy atom. The summed E-state index contributed by atoms with van der Waals surface area (Å²) in [6, 6.07) is 8.52. The SMILES string of the molecule is CCc1ccc(NC(=C(C)C)n2ccnc2)cc1. The summed E-state index contributed by atoms with van der Waals surface area (Å²) in [5.41, 5.74) is 3.66. The van der Waals surface area contributed by atoms with Crippen LogP contribution in [0.15, 0.2) is 48.6 Å². The Bertz CT molecular complexity index is 517.